The molecule has 0 aliphatic carbocycles. The van der Waals surface area contributed by atoms with Gasteiger partial charge in [0.15, 0.2) is 11.5 Å². The first kappa shape index (κ1) is 28.4. The van der Waals surface area contributed by atoms with Gasteiger partial charge in [0.05, 0.1) is 37.4 Å². The summed E-state index contributed by atoms with van der Waals surface area (Å²) in [7, 11) is 4.57. The van der Waals surface area contributed by atoms with Crippen LogP contribution in [0, 0.1) is 6.92 Å². The number of amides is 2. The number of nitrogens with zero attached hydrogens (tertiary/aromatic N) is 3. The van der Waals surface area contributed by atoms with Crippen LogP contribution in [0.25, 0.3) is 5.69 Å². The quantitative estimate of drug-likeness (QED) is 0.112. The molecule has 3 aromatic carbocycles. The maximum atomic E-state index is 12.9. The van der Waals surface area contributed by atoms with Crippen LogP contribution in [0.1, 0.15) is 21.6 Å². The van der Waals surface area contributed by atoms with Gasteiger partial charge in [0.1, 0.15) is 11.4 Å². The van der Waals surface area contributed by atoms with Crippen LogP contribution in [-0.4, -0.2) is 47.6 Å². The molecule has 0 bridgehead atoms. The van der Waals surface area contributed by atoms with Crippen molar-refractivity contribution < 1.29 is 28.6 Å². The van der Waals surface area contributed by atoms with E-state index in [-0.39, 0.29) is 17.2 Å². The lowest BCUT2D eigenvalue weighted by molar-refractivity contribution is -0.136. The number of hydrogen-bond acceptors (Lipinski definition) is 8. The van der Waals surface area contributed by atoms with Gasteiger partial charge in [0.2, 0.25) is 0 Å². The maximum Gasteiger partial charge on any atom is 0.343 e. The first-order chi connectivity index (χ1) is 19.7. The van der Waals surface area contributed by atoms with Gasteiger partial charge < -0.3 is 19.5 Å². The molecule has 0 unspecified atom stereocenters. The van der Waals surface area contributed by atoms with Crippen molar-refractivity contribution in [1.29, 1.82) is 0 Å². The highest BCUT2D eigenvalue weighted by Crippen LogP contribution is 2.28. The van der Waals surface area contributed by atoms with E-state index in [1.807, 2.05) is 6.07 Å². The molecule has 12 nitrogen and oxygen atoms in total. The SMILES string of the molecule is COc1cccc(C(=O)Oc2ccc(C=NNC(=O)C(=O)Nc3c(C)n(C)n(-c4ccccc4)c3=O)cc2OC)c1. The molecule has 0 saturated heterocycles. The number of ether oxygens (including phenoxy) is 3. The lowest BCUT2D eigenvalue weighted by Crippen LogP contribution is -2.34. The van der Waals surface area contributed by atoms with E-state index in [9.17, 15) is 19.2 Å². The van der Waals surface area contributed by atoms with Gasteiger partial charge in [-0.25, -0.2) is 14.9 Å². The lowest BCUT2D eigenvalue weighted by Gasteiger charge is -2.10. The third-order valence-corrected chi connectivity index (χ3v) is 6.07. The molecule has 0 aliphatic heterocycles. The highest BCUT2D eigenvalue weighted by molar-refractivity contribution is 6.39. The molecule has 2 amide bonds. The molecule has 0 aliphatic rings. The summed E-state index contributed by atoms with van der Waals surface area (Å²) < 4.78 is 18.9. The Morgan fingerprint density at radius 3 is 2.34 bits per heavy atom. The average Bonchev–Trinajstić information content (AvgIpc) is 3.20. The number of nitrogens with one attached hydrogen (secondary N) is 2. The number of anilines is 1. The van der Waals surface area contributed by atoms with Gasteiger partial charge in [-0.15, -0.1) is 0 Å². The van der Waals surface area contributed by atoms with Crippen molar-refractivity contribution in [3.8, 4) is 22.9 Å². The Balaban J connectivity index is 1.40. The fourth-order valence-electron chi connectivity index (χ4n) is 3.86. The third-order valence-electron chi connectivity index (χ3n) is 6.07. The number of carbonyl (C=O) groups is 3. The predicted octanol–water partition coefficient (Wildman–Crippen LogP) is 2.81. The van der Waals surface area contributed by atoms with Crippen molar-refractivity contribution in [2.75, 3.05) is 19.5 Å². The largest absolute Gasteiger partial charge is 0.497 e. The number of hydrazone groups is 1. The van der Waals surface area contributed by atoms with Crippen molar-refractivity contribution in [3.63, 3.8) is 0 Å². The van der Waals surface area contributed by atoms with Crippen molar-refractivity contribution in [2.24, 2.45) is 12.1 Å². The Kier molecular flexibility index (Phi) is 8.63. The number of rotatable bonds is 8. The molecule has 0 atom stereocenters. The number of methoxy groups -OCH3 is 2. The zero-order chi connectivity index (χ0) is 29.5. The highest BCUT2D eigenvalue weighted by atomic mass is 16.6. The van der Waals surface area contributed by atoms with Crippen LogP contribution in [0.3, 0.4) is 0 Å². The summed E-state index contributed by atoms with van der Waals surface area (Å²) in [5, 5.41) is 6.17. The number of esters is 1. The van der Waals surface area contributed by atoms with E-state index >= 15 is 0 Å². The molecule has 210 valence electrons. The Morgan fingerprint density at radius 2 is 1.63 bits per heavy atom. The molecule has 0 saturated carbocycles. The minimum Gasteiger partial charge on any atom is -0.497 e. The molecule has 0 spiro atoms. The van der Waals surface area contributed by atoms with E-state index in [0.717, 1.165) is 0 Å². The average molecular weight is 558 g/mol. The second kappa shape index (κ2) is 12.5. The van der Waals surface area contributed by atoms with Gasteiger partial charge >= 0.3 is 17.8 Å². The summed E-state index contributed by atoms with van der Waals surface area (Å²) in [5.41, 5.74) is 3.46. The monoisotopic (exact) mass is 557 g/mol. The van der Waals surface area contributed by atoms with Gasteiger partial charge in [-0.2, -0.15) is 5.10 Å². The van der Waals surface area contributed by atoms with Crippen LogP contribution in [0.15, 0.2) is 82.7 Å². The molecule has 1 heterocycles. The van der Waals surface area contributed by atoms with Crippen LogP contribution in [0.4, 0.5) is 5.69 Å². The van der Waals surface area contributed by atoms with Crippen LogP contribution >= 0.6 is 0 Å². The van der Waals surface area contributed by atoms with E-state index < -0.39 is 23.3 Å². The van der Waals surface area contributed by atoms with Gasteiger partial charge in [-0.1, -0.05) is 24.3 Å². The van der Waals surface area contributed by atoms with Crippen molar-refractivity contribution >= 4 is 29.7 Å². The summed E-state index contributed by atoms with van der Waals surface area (Å²) in [6.45, 7) is 1.65. The van der Waals surface area contributed by atoms with E-state index in [1.165, 1.54) is 37.2 Å². The molecule has 4 aromatic rings. The minimum atomic E-state index is -1.08. The van der Waals surface area contributed by atoms with Gasteiger partial charge in [-0.3, -0.25) is 19.1 Å². The van der Waals surface area contributed by atoms with E-state index in [1.54, 1.807) is 73.3 Å². The predicted molar refractivity (Wildman–Crippen MR) is 151 cm³/mol. The second-order valence-electron chi connectivity index (χ2n) is 8.62. The molecule has 0 fully saturated rings. The van der Waals surface area contributed by atoms with Crippen molar-refractivity contribution in [2.45, 2.75) is 6.92 Å². The minimum absolute atomic E-state index is 0.0238. The molecular formula is C29H27N5O7. The lowest BCUT2D eigenvalue weighted by atomic mass is 10.2. The third kappa shape index (κ3) is 6.33. The smallest absolute Gasteiger partial charge is 0.343 e. The van der Waals surface area contributed by atoms with E-state index in [2.05, 4.69) is 15.8 Å². The van der Waals surface area contributed by atoms with E-state index in [4.69, 9.17) is 14.2 Å². The zero-order valence-electron chi connectivity index (χ0n) is 22.7. The molecular weight excluding hydrogens is 530 g/mol. The molecule has 1 aromatic heterocycles. The fourth-order valence-corrected chi connectivity index (χ4v) is 3.86. The Morgan fingerprint density at radius 1 is 0.878 bits per heavy atom. The number of hydrogen-bond donors (Lipinski definition) is 2. The van der Waals surface area contributed by atoms with Gasteiger partial charge in [-0.05, 0) is 61.0 Å². The molecule has 4 rings (SSSR count). The molecule has 12 heteroatoms. The normalized spacial score (nSPS) is 10.7. The van der Waals surface area contributed by atoms with Crippen LogP contribution in [0.5, 0.6) is 17.2 Å². The second-order valence-corrected chi connectivity index (χ2v) is 8.62. The standard InChI is InChI=1S/C29H27N5O7/c1-18-25(28(37)34(33(18)2)21-10-6-5-7-11-21)31-26(35)27(36)32-30-17-19-13-14-23(24(15-19)40-4)41-29(38)20-9-8-12-22(16-20)39-3/h5-17H,1-4H3,(H,31,35)(H,32,36). The Bertz CT molecular complexity index is 1690. The molecule has 41 heavy (non-hydrogen) atoms. The molecule has 0 radical (unpaired) electrons. The highest BCUT2D eigenvalue weighted by Gasteiger charge is 2.21. The summed E-state index contributed by atoms with van der Waals surface area (Å²) in [5.74, 6) is -1.83. The first-order valence-corrected chi connectivity index (χ1v) is 12.3. The first-order valence-electron chi connectivity index (χ1n) is 12.3. The number of carbonyl (C=O) groups excluding carboxylic acids is 3. The maximum absolute atomic E-state index is 12.9. The van der Waals surface area contributed by atoms with Crippen molar-refractivity contribution in [1.82, 2.24) is 14.8 Å². The number of para-hydroxylation sites is 1. The summed E-state index contributed by atoms with van der Waals surface area (Å²) in [4.78, 5) is 50.3. The van der Waals surface area contributed by atoms with Crippen LogP contribution < -0.4 is 30.5 Å². The van der Waals surface area contributed by atoms with Crippen LogP contribution in [-0.2, 0) is 16.6 Å². The Labute approximate surface area is 234 Å². The fraction of sp³-hybridized carbons (Fsp3) is 0.138. The number of aromatic nitrogens is 2. The summed E-state index contributed by atoms with van der Waals surface area (Å²) >= 11 is 0. The Hall–Kier alpha value is -5.65. The topological polar surface area (TPSA) is 142 Å². The summed E-state index contributed by atoms with van der Waals surface area (Å²) in [6.07, 6.45) is 1.28. The van der Waals surface area contributed by atoms with Gasteiger partial charge in [0, 0.05) is 7.05 Å². The summed E-state index contributed by atoms with van der Waals surface area (Å²) in [6, 6.07) is 20.0. The van der Waals surface area contributed by atoms with Crippen molar-refractivity contribution in [3.05, 3.63) is 100.0 Å². The van der Waals surface area contributed by atoms with Crippen LogP contribution in [0.2, 0.25) is 0 Å². The zero-order valence-corrected chi connectivity index (χ0v) is 22.7. The van der Waals surface area contributed by atoms with Gasteiger partial charge in [0.25, 0.3) is 5.56 Å². The number of benzene rings is 3. The van der Waals surface area contributed by atoms with E-state index in [0.29, 0.717) is 28.3 Å². The molecule has 2 N–H and O–H groups in total.